The molecular formula is C23H39N5O5. The monoisotopic (exact) mass is 465 g/mol. The average Bonchev–Trinajstić information content (AvgIpc) is 3.34. The van der Waals surface area contributed by atoms with Gasteiger partial charge in [0.05, 0.1) is 36.4 Å². The second-order valence-corrected chi connectivity index (χ2v) is 10.5. The van der Waals surface area contributed by atoms with Crippen molar-refractivity contribution in [2.24, 2.45) is 5.92 Å². The molecule has 10 nitrogen and oxygen atoms in total. The zero-order chi connectivity index (χ0) is 24.2. The van der Waals surface area contributed by atoms with Gasteiger partial charge >= 0.3 is 6.09 Å². The zero-order valence-corrected chi connectivity index (χ0v) is 20.2. The summed E-state index contributed by atoms with van der Waals surface area (Å²) >= 11 is 0. The van der Waals surface area contributed by atoms with Crippen LogP contribution < -0.4 is 10.6 Å². The summed E-state index contributed by atoms with van der Waals surface area (Å²) in [6, 6.07) is 0.847. The Labute approximate surface area is 196 Å². The Morgan fingerprint density at radius 3 is 2.58 bits per heavy atom. The van der Waals surface area contributed by atoms with E-state index in [0.717, 1.165) is 25.9 Å². The van der Waals surface area contributed by atoms with Crippen LogP contribution >= 0.6 is 0 Å². The van der Waals surface area contributed by atoms with Gasteiger partial charge in [0.15, 0.2) is 0 Å². The quantitative estimate of drug-likeness (QED) is 0.471. The molecule has 0 bridgehead atoms. The van der Waals surface area contributed by atoms with Gasteiger partial charge in [-0.25, -0.2) is 4.79 Å². The second-order valence-electron chi connectivity index (χ2n) is 10.5. The van der Waals surface area contributed by atoms with E-state index in [0.29, 0.717) is 32.4 Å². The maximum atomic E-state index is 13.1. The minimum Gasteiger partial charge on any atom is -0.446 e. The Balaban J connectivity index is 1.64. The van der Waals surface area contributed by atoms with Crippen molar-refractivity contribution in [1.29, 1.82) is 5.26 Å². The molecule has 0 radical (unpaired) electrons. The average molecular weight is 466 g/mol. The Morgan fingerprint density at radius 2 is 2.00 bits per heavy atom. The number of amides is 2. The number of rotatable bonds is 7. The maximum absolute atomic E-state index is 13.1. The largest absolute Gasteiger partial charge is 0.446 e. The SMILES string of the molecule is CN1CCC(OC(=O)N2CC(OC(C)(C)C)CC2C(O)NC(C#N)CC2CCNC2=O)CC1. The Hall–Kier alpha value is -1.93. The van der Waals surface area contributed by atoms with Crippen molar-refractivity contribution in [1.82, 2.24) is 20.4 Å². The molecular weight excluding hydrogens is 426 g/mol. The van der Waals surface area contributed by atoms with Gasteiger partial charge in [-0.05, 0) is 59.9 Å². The molecule has 0 aliphatic carbocycles. The molecule has 0 saturated carbocycles. The highest BCUT2D eigenvalue weighted by molar-refractivity contribution is 5.80. The van der Waals surface area contributed by atoms with Gasteiger partial charge in [0.2, 0.25) is 5.91 Å². The van der Waals surface area contributed by atoms with E-state index in [9.17, 15) is 20.0 Å². The normalized spacial score (nSPS) is 28.9. The molecule has 0 aromatic rings. The second kappa shape index (κ2) is 11.0. The smallest absolute Gasteiger partial charge is 0.410 e. The van der Waals surface area contributed by atoms with E-state index in [4.69, 9.17) is 9.47 Å². The molecule has 3 aliphatic heterocycles. The molecule has 33 heavy (non-hydrogen) atoms. The first-order chi connectivity index (χ1) is 15.6. The molecule has 186 valence electrons. The molecule has 5 unspecified atom stereocenters. The van der Waals surface area contributed by atoms with Crippen molar-refractivity contribution < 1.29 is 24.2 Å². The Kier molecular flexibility index (Phi) is 8.56. The first-order valence-electron chi connectivity index (χ1n) is 12.0. The van der Waals surface area contributed by atoms with Gasteiger partial charge in [-0.3, -0.25) is 15.0 Å². The van der Waals surface area contributed by atoms with Gasteiger partial charge in [-0.2, -0.15) is 5.26 Å². The lowest BCUT2D eigenvalue weighted by molar-refractivity contribution is -0.122. The highest BCUT2D eigenvalue weighted by Gasteiger charge is 2.43. The summed E-state index contributed by atoms with van der Waals surface area (Å²) < 4.78 is 11.9. The number of hydrogen-bond donors (Lipinski definition) is 3. The van der Waals surface area contributed by atoms with Crippen LogP contribution in [0.15, 0.2) is 0 Å². The minimum absolute atomic E-state index is 0.0608. The lowest BCUT2D eigenvalue weighted by atomic mass is 9.98. The van der Waals surface area contributed by atoms with Crippen molar-refractivity contribution in [2.45, 2.75) is 89.0 Å². The fraction of sp³-hybridized carbons (Fsp3) is 0.870. The number of hydrogen-bond acceptors (Lipinski definition) is 8. The minimum atomic E-state index is -1.14. The lowest BCUT2D eigenvalue weighted by Crippen LogP contribution is -2.52. The number of nitrogens with one attached hydrogen (secondary N) is 2. The molecule has 3 aliphatic rings. The number of carbonyl (C=O) groups is 2. The van der Waals surface area contributed by atoms with Crippen LogP contribution in [0.5, 0.6) is 0 Å². The third kappa shape index (κ3) is 7.27. The van der Waals surface area contributed by atoms with E-state index in [1.165, 1.54) is 4.90 Å². The van der Waals surface area contributed by atoms with E-state index in [1.807, 2.05) is 27.8 Å². The van der Waals surface area contributed by atoms with Crippen LogP contribution in [-0.4, -0.2) is 96.3 Å². The van der Waals surface area contributed by atoms with Gasteiger partial charge in [0.1, 0.15) is 12.3 Å². The molecule has 3 N–H and O–H groups in total. The molecule has 3 heterocycles. The number of aliphatic hydroxyl groups excluding tert-OH is 1. The molecule has 3 rings (SSSR count). The van der Waals surface area contributed by atoms with Gasteiger partial charge < -0.3 is 24.8 Å². The standard InChI is InChI=1S/C23H39N5O5/c1-23(2,3)33-18-12-19(21(30)26-16(13-24)11-15-5-8-25-20(15)29)28(14-18)22(31)32-17-6-9-27(4)10-7-17/h15-19,21,26,30H,5-12,14H2,1-4H3,(H,25,29). The van der Waals surface area contributed by atoms with Crippen LogP contribution in [0.4, 0.5) is 4.79 Å². The van der Waals surface area contributed by atoms with E-state index < -0.39 is 30.0 Å². The summed E-state index contributed by atoms with van der Waals surface area (Å²) in [7, 11) is 2.05. The first-order valence-corrected chi connectivity index (χ1v) is 12.0. The fourth-order valence-electron chi connectivity index (χ4n) is 4.86. The fourth-order valence-corrected chi connectivity index (χ4v) is 4.86. The predicted octanol–water partition coefficient (Wildman–Crippen LogP) is 0.802. The Bertz CT molecular complexity index is 728. The molecule has 0 aromatic carbocycles. The lowest BCUT2D eigenvalue weighted by Gasteiger charge is -2.33. The molecule has 3 saturated heterocycles. The van der Waals surface area contributed by atoms with Crippen molar-refractivity contribution in [3.05, 3.63) is 0 Å². The molecule has 0 aromatic heterocycles. The number of nitriles is 1. The molecule has 0 spiro atoms. The third-order valence-corrected chi connectivity index (χ3v) is 6.57. The number of carbonyl (C=O) groups excluding carboxylic acids is 2. The van der Waals surface area contributed by atoms with E-state index in [1.54, 1.807) is 0 Å². The van der Waals surface area contributed by atoms with Crippen LogP contribution in [0, 0.1) is 17.2 Å². The van der Waals surface area contributed by atoms with E-state index in [2.05, 4.69) is 21.6 Å². The van der Waals surface area contributed by atoms with Gasteiger partial charge in [-0.1, -0.05) is 0 Å². The molecule has 3 fully saturated rings. The van der Waals surface area contributed by atoms with E-state index >= 15 is 0 Å². The summed E-state index contributed by atoms with van der Waals surface area (Å²) in [5, 5.41) is 26.3. The van der Waals surface area contributed by atoms with Crippen LogP contribution in [0.1, 0.15) is 52.9 Å². The summed E-state index contributed by atoms with van der Waals surface area (Å²) in [6.07, 6.45) is 0.982. The van der Waals surface area contributed by atoms with Crippen molar-refractivity contribution in [3.8, 4) is 6.07 Å². The van der Waals surface area contributed by atoms with Gasteiger partial charge in [0.25, 0.3) is 0 Å². The molecule has 10 heteroatoms. The number of piperidine rings is 1. The van der Waals surface area contributed by atoms with Crippen molar-refractivity contribution in [2.75, 3.05) is 33.2 Å². The predicted molar refractivity (Wildman–Crippen MR) is 121 cm³/mol. The third-order valence-electron chi connectivity index (χ3n) is 6.57. The van der Waals surface area contributed by atoms with Crippen molar-refractivity contribution in [3.63, 3.8) is 0 Å². The summed E-state index contributed by atoms with van der Waals surface area (Å²) in [4.78, 5) is 28.7. The van der Waals surface area contributed by atoms with Crippen LogP contribution in [0.25, 0.3) is 0 Å². The van der Waals surface area contributed by atoms with Crippen LogP contribution in [0.3, 0.4) is 0 Å². The molecule has 2 amide bonds. The number of likely N-dealkylation sites (tertiary alicyclic amines) is 2. The van der Waals surface area contributed by atoms with Crippen LogP contribution in [0.2, 0.25) is 0 Å². The van der Waals surface area contributed by atoms with E-state index in [-0.39, 0.29) is 24.0 Å². The number of aliphatic hydroxyl groups is 1. The summed E-state index contributed by atoms with van der Waals surface area (Å²) in [5.74, 6) is -0.310. The van der Waals surface area contributed by atoms with Crippen LogP contribution in [-0.2, 0) is 14.3 Å². The maximum Gasteiger partial charge on any atom is 0.410 e. The summed E-state index contributed by atoms with van der Waals surface area (Å²) in [6.45, 7) is 8.53. The van der Waals surface area contributed by atoms with Gasteiger partial charge in [-0.15, -0.1) is 0 Å². The first kappa shape index (κ1) is 25.7. The summed E-state index contributed by atoms with van der Waals surface area (Å²) in [5.41, 5.74) is -0.396. The topological polar surface area (TPSA) is 127 Å². The van der Waals surface area contributed by atoms with Crippen molar-refractivity contribution >= 4 is 12.0 Å². The molecule has 5 atom stereocenters. The Morgan fingerprint density at radius 1 is 1.30 bits per heavy atom. The zero-order valence-electron chi connectivity index (χ0n) is 20.2. The highest BCUT2D eigenvalue weighted by atomic mass is 16.6. The van der Waals surface area contributed by atoms with Gasteiger partial charge in [0, 0.05) is 25.6 Å². The number of ether oxygens (including phenoxy) is 2. The number of nitrogens with zero attached hydrogens (tertiary/aromatic N) is 3. The highest BCUT2D eigenvalue weighted by Crippen LogP contribution is 2.28.